The molecule has 0 saturated heterocycles. The molecule has 0 radical (unpaired) electrons. The van der Waals surface area contributed by atoms with Crippen LogP contribution in [0.2, 0.25) is 0 Å². The maximum Gasteiger partial charge on any atom is 0.409 e. The van der Waals surface area contributed by atoms with E-state index in [0.717, 1.165) is 18.2 Å². The van der Waals surface area contributed by atoms with Gasteiger partial charge in [0.1, 0.15) is 0 Å². The minimum atomic E-state index is -1.32. The third kappa shape index (κ3) is 1.91. The monoisotopic (exact) mass is 173 g/mol. The van der Waals surface area contributed by atoms with Crippen molar-refractivity contribution in [3.8, 4) is 0 Å². The molecule has 1 aromatic carbocycles. The van der Waals surface area contributed by atoms with Gasteiger partial charge < -0.3 is 5.11 Å². The van der Waals surface area contributed by atoms with Crippen molar-refractivity contribution >= 4 is 11.8 Å². The molecule has 0 aromatic heterocycles. The number of rotatable bonds is 1. The number of hydrogen-bond acceptors (Lipinski definition) is 1. The largest absolute Gasteiger partial charge is 0.465 e. The Labute approximate surface area is 66.6 Å². The lowest BCUT2D eigenvalue weighted by Gasteiger charge is -1.99. The molecule has 0 aliphatic carbocycles. The average Bonchev–Trinajstić information content (AvgIpc) is 1.96. The van der Waals surface area contributed by atoms with Crippen molar-refractivity contribution in [2.24, 2.45) is 0 Å². The average molecular weight is 173 g/mol. The van der Waals surface area contributed by atoms with E-state index in [4.69, 9.17) is 5.11 Å². The van der Waals surface area contributed by atoms with Crippen LogP contribution in [-0.2, 0) is 0 Å². The highest BCUT2D eigenvalue weighted by molar-refractivity contribution is 5.82. The number of carboxylic acid groups (broad SMARTS) is 1. The first-order chi connectivity index (χ1) is 5.59. The number of amides is 1. The fourth-order valence-electron chi connectivity index (χ4n) is 0.697. The lowest BCUT2D eigenvalue weighted by atomic mass is 10.3. The molecule has 3 nitrogen and oxygen atoms in total. The zero-order chi connectivity index (χ0) is 9.14. The van der Waals surface area contributed by atoms with Crippen molar-refractivity contribution in [3.05, 3.63) is 29.8 Å². The van der Waals surface area contributed by atoms with Gasteiger partial charge in [0, 0.05) is 11.8 Å². The Morgan fingerprint density at radius 1 is 1.33 bits per heavy atom. The van der Waals surface area contributed by atoms with Gasteiger partial charge in [-0.2, -0.15) is 0 Å². The van der Waals surface area contributed by atoms with Crippen LogP contribution < -0.4 is 5.32 Å². The molecule has 12 heavy (non-hydrogen) atoms. The molecule has 1 amide bonds. The minimum absolute atomic E-state index is 0.00130. The van der Waals surface area contributed by atoms with Crippen molar-refractivity contribution < 1.29 is 18.7 Å². The third-order valence-electron chi connectivity index (χ3n) is 1.17. The van der Waals surface area contributed by atoms with Gasteiger partial charge in [0.15, 0.2) is 11.6 Å². The molecule has 0 aliphatic heterocycles. The Balaban J connectivity index is 2.89. The Bertz CT molecular complexity index is 314. The van der Waals surface area contributed by atoms with E-state index in [1.807, 2.05) is 5.32 Å². The van der Waals surface area contributed by atoms with E-state index >= 15 is 0 Å². The number of benzene rings is 1. The van der Waals surface area contributed by atoms with E-state index in [1.165, 1.54) is 0 Å². The van der Waals surface area contributed by atoms with E-state index in [-0.39, 0.29) is 5.69 Å². The molecule has 2 N–H and O–H groups in total. The second kappa shape index (κ2) is 3.17. The topological polar surface area (TPSA) is 49.3 Å². The first-order valence-corrected chi connectivity index (χ1v) is 3.04. The highest BCUT2D eigenvalue weighted by Gasteiger charge is 2.03. The molecule has 0 spiro atoms. The number of nitrogens with one attached hydrogen (secondary N) is 1. The van der Waals surface area contributed by atoms with Crippen molar-refractivity contribution in [3.63, 3.8) is 0 Å². The fourth-order valence-corrected chi connectivity index (χ4v) is 0.697. The summed E-state index contributed by atoms with van der Waals surface area (Å²) < 4.78 is 24.7. The second-order valence-electron chi connectivity index (χ2n) is 2.06. The first-order valence-electron chi connectivity index (χ1n) is 3.04. The Hall–Kier alpha value is -1.65. The second-order valence-corrected chi connectivity index (χ2v) is 2.06. The van der Waals surface area contributed by atoms with Crippen LogP contribution in [0.3, 0.4) is 0 Å². The van der Waals surface area contributed by atoms with Gasteiger partial charge in [-0.1, -0.05) is 0 Å². The van der Waals surface area contributed by atoms with Crippen molar-refractivity contribution in [2.75, 3.05) is 5.32 Å². The van der Waals surface area contributed by atoms with Crippen LogP contribution in [0.5, 0.6) is 0 Å². The van der Waals surface area contributed by atoms with Crippen molar-refractivity contribution in [1.29, 1.82) is 0 Å². The van der Waals surface area contributed by atoms with Gasteiger partial charge in [0.2, 0.25) is 0 Å². The van der Waals surface area contributed by atoms with Crippen LogP contribution >= 0.6 is 0 Å². The van der Waals surface area contributed by atoms with Crippen LogP contribution in [0, 0.1) is 11.6 Å². The van der Waals surface area contributed by atoms with Crippen LogP contribution in [0.15, 0.2) is 18.2 Å². The summed E-state index contributed by atoms with van der Waals surface area (Å²) in [5.41, 5.74) is 0.00130. The summed E-state index contributed by atoms with van der Waals surface area (Å²) in [5.74, 6) is -2.09. The molecule has 0 fully saturated rings. The van der Waals surface area contributed by atoms with Crippen LogP contribution in [0.1, 0.15) is 0 Å². The molecule has 0 bridgehead atoms. The van der Waals surface area contributed by atoms with Crippen LogP contribution in [-0.4, -0.2) is 11.2 Å². The van der Waals surface area contributed by atoms with Gasteiger partial charge in [-0.3, -0.25) is 5.32 Å². The van der Waals surface area contributed by atoms with Crippen LogP contribution in [0.4, 0.5) is 19.3 Å². The van der Waals surface area contributed by atoms with Gasteiger partial charge in [0.25, 0.3) is 0 Å². The highest BCUT2D eigenvalue weighted by atomic mass is 19.2. The predicted molar refractivity (Wildman–Crippen MR) is 38.0 cm³/mol. The summed E-state index contributed by atoms with van der Waals surface area (Å²) in [7, 11) is 0. The summed E-state index contributed by atoms with van der Waals surface area (Å²) in [6.45, 7) is 0. The molecular formula is C7H5F2NO2. The Morgan fingerprint density at radius 2 is 2.00 bits per heavy atom. The van der Waals surface area contributed by atoms with E-state index in [1.54, 1.807) is 0 Å². The predicted octanol–water partition coefficient (Wildman–Crippen LogP) is 2.05. The van der Waals surface area contributed by atoms with Crippen molar-refractivity contribution in [1.82, 2.24) is 0 Å². The number of anilines is 1. The molecule has 0 aliphatic rings. The van der Waals surface area contributed by atoms with Gasteiger partial charge in [0.05, 0.1) is 0 Å². The molecule has 0 heterocycles. The van der Waals surface area contributed by atoms with E-state index in [2.05, 4.69) is 0 Å². The van der Waals surface area contributed by atoms with Crippen molar-refractivity contribution in [2.45, 2.75) is 0 Å². The molecule has 0 atom stereocenters. The molecule has 1 rings (SSSR count). The first kappa shape index (κ1) is 8.45. The lowest BCUT2D eigenvalue weighted by molar-refractivity contribution is 0.209. The van der Waals surface area contributed by atoms with Gasteiger partial charge in [-0.25, -0.2) is 13.6 Å². The molecule has 0 unspecified atom stereocenters. The van der Waals surface area contributed by atoms with Gasteiger partial charge in [-0.05, 0) is 12.1 Å². The third-order valence-corrected chi connectivity index (χ3v) is 1.17. The fraction of sp³-hybridized carbons (Fsp3) is 0. The summed E-state index contributed by atoms with van der Waals surface area (Å²) in [6, 6.07) is 2.75. The van der Waals surface area contributed by atoms with E-state index in [0.29, 0.717) is 0 Å². The Kier molecular flexibility index (Phi) is 2.23. The standard InChI is InChI=1S/C7H5F2NO2/c8-5-2-1-4(3-6(5)9)10-7(11)12/h1-3,10H,(H,11,12). The maximum atomic E-state index is 12.4. The number of carbonyl (C=O) groups is 1. The van der Waals surface area contributed by atoms with E-state index in [9.17, 15) is 13.6 Å². The maximum absolute atomic E-state index is 12.4. The minimum Gasteiger partial charge on any atom is -0.465 e. The van der Waals surface area contributed by atoms with Crippen LogP contribution in [0.25, 0.3) is 0 Å². The van der Waals surface area contributed by atoms with Gasteiger partial charge >= 0.3 is 6.09 Å². The normalized spacial score (nSPS) is 9.50. The number of hydrogen-bond donors (Lipinski definition) is 2. The summed E-state index contributed by atoms with van der Waals surface area (Å²) in [4.78, 5) is 10.0. The summed E-state index contributed by atoms with van der Waals surface area (Å²) in [6.07, 6.45) is -1.32. The quantitative estimate of drug-likeness (QED) is 0.682. The lowest BCUT2D eigenvalue weighted by Crippen LogP contribution is -2.07. The molecule has 1 aromatic rings. The SMILES string of the molecule is O=C(O)Nc1ccc(F)c(F)c1. The van der Waals surface area contributed by atoms with Gasteiger partial charge in [-0.15, -0.1) is 0 Å². The molecule has 0 saturated carbocycles. The number of halogens is 2. The Morgan fingerprint density at radius 3 is 2.50 bits per heavy atom. The zero-order valence-electron chi connectivity index (χ0n) is 5.84. The summed E-state index contributed by atoms with van der Waals surface area (Å²) in [5, 5.41) is 10.1. The zero-order valence-corrected chi connectivity index (χ0v) is 5.84. The van der Waals surface area contributed by atoms with E-state index < -0.39 is 17.7 Å². The molecule has 5 heteroatoms. The smallest absolute Gasteiger partial charge is 0.409 e. The molecule has 64 valence electrons. The molecular weight excluding hydrogens is 168 g/mol. The highest BCUT2D eigenvalue weighted by Crippen LogP contribution is 2.12. The summed E-state index contributed by atoms with van der Waals surface area (Å²) >= 11 is 0.